The second-order valence-electron chi connectivity index (χ2n) is 11.7. The van der Waals surface area contributed by atoms with Crippen molar-refractivity contribution in [3.8, 4) is 0 Å². The van der Waals surface area contributed by atoms with Gasteiger partial charge in [-0.05, 0) is 46.2 Å². The zero-order valence-corrected chi connectivity index (χ0v) is 20.2. The molecule has 0 N–H and O–H groups in total. The summed E-state index contributed by atoms with van der Waals surface area (Å²) < 4.78 is 9.72. The third kappa shape index (κ3) is 4.46. The van der Waals surface area contributed by atoms with Gasteiger partial charge in [-0.3, -0.25) is 0 Å². The van der Waals surface area contributed by atoms with E-state index in [0.717, 1.165) is 23.7 Å². The predicted octanol–water partition coefficient (Wildman–Crippen LogP) is 7.64. The van der Waals surface area contributed by atoms with Crippen molar-refractivity contribution in [2.24, 2.45) is 27.6 Å². The van der Waals surface area contributed by atoms with Gasteiger partial charge in [-0.25, -0.2) is 0 Å². The van der Waals surface area contributed by atoms with E-state index in [2.05, 4.69) is 82.2 Å². The van der Waals surface area contributed by atoms with Crippen LogP contribution in [0.15, 0.2) is 32.3 Å². The summed E-state index contributed by atoms with van der Waals surface area (Å²) >= 11 is 0. The van der Waals surface area contributed by atoms with E-state index in [-0.39, 0.29) is 21.7 Å². The third-order valence-corrected chi connectivity index (χ3v) is 6.30. The summed E-state index contributed by atoms with van der Waals surface area (Å²) in [6.45, 7) is 25.5. The van der Waals surface area contributed by atoms with Crippen molar-refractivity contribution in [2.45, 2.75) is 102 Å². The lowest BCUT2D eigenvalue weighted by molar-refractivity contribution is 0.0465. The van der Waals surface area contributed by atoms with Crippen LogP contribution in [0.5, 0.6) is 0 Å². The summed E-state index contributed by atoms with van der Waals surface area (Å²) in [5, 5.41) is 1.12. The van der Waals surface area contributed by atoms with Crippen LogP contribution in [0.4, 0.5) is 0 Å². The Balaban J connectivity index is 2.87. The van der Waals surface area contributed by atoms with Gasteiger partial charge >= 0.3 is 0 Å². The zero-order chi connectivity index (χ0) is 21.5. The van der Waals surface area contributed by atoms with Crippen molar-refractivity contribution in [1.29, 1.82) is 0 Å². The van der Waals surface area contributed by atoms with E-state index in [1.807, 2.05) is 0 Å². The standard InChI is InChI=1S/C24H43NO3/c1-12-14-15-24(13-2)18(22(6,7)8)16-17(21(3,4)5)19(26-25-27-28-25)20(24)23(9,10)11/h16,18H,12-15H2,1-11H3. The van der Waals surface area contributed by atoms with E-state index in [1.54, 1.807) is 0 Å². The molecule has 4 nitrogen and oxygen atoms in total. The molecule has 0 saturated carbocycles. The van der Waals surface area contributed by atoms with Crippen LogP contribution in [0.25, 0.3) is 0 Å². The Morgan fingerprint density at radius 3 is 1.89 bits per heavy atom. The molecule has 2 unspecified atom stereocenters. The zero-order valence-electron chi connectivity index (χ0n) is 20.2. The van der Waals surface area contributed by atoms with E-state index in [9.17, 15) is 0 Å². The summed E-state index contributed by atoms with van der Waals surface area (Å²) in [5.41, 5.74) is 2.76. The highest BCUT2D eigenvalue weighted by atomic mass is 17.4. The Kier molecular flexibility index (Phi) is 6.15. The SMILES string of the molecule is CCCCC1(CC)C(C(C)(C)C)=C(On2oo2)C(C(C)(C)C)=CC1C(C)(C)C. The summed E-state index contributed by atoms with van der Waals surface area (Å²) in [5.74, 6) is 1.37. The van der Waals surface area contributed by atoms with Crippen molar-refractivity contribution in [3.05, 3.63) is 23.0 Å². The topological polar surface area (TPSA) is 40.4 Å². The quantitative estimate of drug-likeness (QED) is 0.466. The second kappa shape index (κ2) is 7.50. The highest BCUT2D eigenvalue weighted by Gasteiger charge is 2.53. The molecule has 0 fully saturated rings. The van der Waals surface area contributed by atoms with Gasteiger partial charge in [-0.2, -0.15) is 0 Å². The monoisotopic (exact) mass is 393 g/mol. The number of aromatic nitrogens is 1. The van der Waals surface area contributed by atoms with Gasteiger partial charge in [0, 0.05) is 5.41 Å². The van der Waals surface area contributed by atoms with E-state index < -0.39 is 0 Å². The summed E-state index contributed by atoms with van der Waals surface area (Å²) in [6, 6.07) is 0. The fraction of sp³-hybridized carbons (Fsp3) is 0.833. The number of hydrogen-bond donors (Lipinski definition) is 0. The third-order valence-electron chi connectivity index (χ3n) is 6.30. The molecule has 1 aliphatic rings. The molecule has 4 heteroatoms. The van der Waals surface area contributed by atoms with Crippen LogP contribution in [0.2, 0.25) is 0 Å². The molecular weight excluding hydrogens is 350 g/mol. The minimum absolute atomic E-state index is 0.0383. The molecule has 1 heterocycles. The van der Waals surface area contributed by atoms with Gasteiger partial charge in [0.25, 0.3) is 0 Å². The van der Waals surface area contributed by atoms with Crippen molar-refractivity contribution in [1.82, 2.24) is 5.08 Å². The lowest BCUT2D eigenvalue weighted by atomic mass is 9.50. The molecule has 0 bridgehead atoms. The lowest BCUT2D eigenvalue weighted by Gasteiger charge is -2.54. The minimum atomic E-state index is -0.0456. The fourth-order valence-corrected chi connectivity index (χ4v) is 5.23. The number of nitrogens with zero attached hydrogens (tertiary/aromatic N) is 1. The van der Waals surface area contributed by atoms with E-state index in [4.69, 9.17) is 14.2 Å². The van der Waals surface area contributed by atoms with Crippen LogP contribution in [0.1, 0.15) is 102 Å². The first kappa shape index (κ1) is 23.0. The molecule has 1 aromatic heterocycles. The molecule has 2 rings (SSSR count). The Morgan fingerprint density at radius 2 is 1.54 bits per heavy atom. The first-order valence-electron chi connectivity index (χ1n) is 11.0. The summed E-state index contributed by atoms with van der Waals surface area (Å²) in [6.07, 6.45) is 7.16. The van der Waals surface area contributed by atoms with Gasteiger partial charge in [0.05, 0.1) is 0 Å². The summed E-state index contributed by atoms with van der Waals surface area (Å²) in [7, 11) is 0. The van der Waals surface area contributed by atoms with Crippen molar-refractivity contribution in [2.75, 3.05) is 0 Å². The number of unbranched alkanes of at least 4 members (excludes halogenated alkanes) is 1. The van der Waals surface area contributed by atoms with Crippen molar-refractivity contribution >= 4 is 0 Å². The molecule has 28 heavy (non-hydrogen) atoms. The first-order valence-corrected chi connectivity index (χ1v) is 11.0. The molecule has 2 atom stereocenters. The van der Waals surface area contributed by atoms with Gasteiger partial charge in [0.1, 0.15) is 0 Å². The Labute approximate surface area is 172 Å². The molecule has 0 amide bonds. The Morgan fingerprint density at radius 1 is 0.964 bits per heavy atom. The summed E-state index contributed by atoms with van der Waals surface area (Å²) in [4.78, 5) is 6.18. The fourth-order valence-electron chi connectivity index (χ4n) is 5.23. The molecule has 0 radical (unpaired) electrons. The first-order chi connectivity index (χ1) is 12.7. The molecule has 0 saturated heterocycles. The second-order valence-corrected chi connectivity index (χ2v) is 11.7. The normalized spacial score (nSPS) is 24.7. The average molecular weight is 394 g/mol. The minimum Gasteiger partial charge on any atom is -0.312 e. The molecule has 0 spiro atoms. The smallest absolute Gasteiger partial charge is 0.222 e. The van der Waals surface area contributed by atoms with Gasteiger partial charge in [-0.1, -0.05) is 104 Å². The van der Waals surface area contributed by atoms with E-state index in [0.29, 0.717) is 5.92 Å². The largest absolute Gasteiger partial charge is 0.312 e. The van der Waals surface area contributed by atoms with E-state index >= 15 is 0 Å². The molecule has 0 aliphatic heterocycles. The Bertz CT molecular complexity index is 697. The maximum absolute atomic E-state index is 6.18. The number of hydrogen-bond acceptors (Lipinski definition) is 3. The maximum atomic E-state index is 6.18. The number of rotatable bonds is 6. The molecule has 0 aromatic carbocycles. The molecule has 1 aliphatic carbocycles. The predicted molar refractivity (Wildman–Crippen MR) is 115 cm³/mol. The van der Waals surface area contributed by atoms with Crippen LogP contribution in [-0.4, -0.2) is 5.08 Å². The van der Waals surface area contributed by atoms with Crippen LogP contribution in [0, 0.1) is 27.6 Å². The van der Waals surface area contributed by atoms with Crippen LogP contribution < -0.4 is 4.84 Å². The molecular formula is C24H43NO3. The van der Waals surface area contributed by atoms with E-state index in [1.165, 1.54) is 24.0 Å². The molecule has 162 valence electrons. The van der Waals surface area contributed by atoms with Gasteiger partial charge in [0.15, 0.2) is 5.76 Å². The van der Waals surface area contributed by atoms with Crippen LogP contribution in [0.3, 0.4) is 0 Å². The van der Waals surface area contributed by atoms with Gasteiger partial charge in [-0.15, -0.1) is 0 Å². The Hall–Kier alpha value is -1.32. The number of allylic oxidation sites excluding steroid dienone is 3. The highest BCUT2D eigenvalue weighted by molar-refractivity contribution is 5.46. The van der Waals surface area contributed by atoms with Gasteiger partial charge in [0.2, 0.25) is 5.08 Å². The van der Waals surface area contributed by atoms with Crippen LogP contribution >= 0.6 is 0 Å². The maximum Gasteiger partial charge on any atom is 0.222 e. The van der Waals surface area contributed by atoms with Crippen molar-refractivity contribution < 1.29 is 14.2 Å². The van der Waals surface area contributed by atoms with Crippen molar-refractivity contribution in [3.63, 3.8) is 0 Å². The average Bonchev–Trinajstić information content (AvgIpc) is 3.32. The highest BCUT2D eigenvalue weighted by Crippen LogP contribution is 2.61. The van der Waals surface area contributed by atoms with Gasteiger partial charge < -0.3 is 4.84 Å². The van der Waals surface area contributed by atoms with Crippen LogP contribution in [-0.2, 0) is 0 Å². The lowest BCUT2D eigenvalue weighted by Crippen LogP contribution is -2.47. The molecule has 1 aromatic rings.